The summed E-state index contributed by atoms with van der Waals surface area (Å²) >= 11 is 0. The molecular weight excluding hydrogens is 276 g/mol. The highest BCUT2D eigenvalue weighted by Gasteiger charge is 2.27. The van der Waals surface area contributed by atoms with Crippen molar-refractivity contribution >= 4 is 0 Å². The molecule has 4 heteroatoms. The van der Waals surface area contributed by atoms with E-state index in [0.29, 0.717) is 25.5 Å². The summed E-state index contributed by atoms with van der Waals surface area (Å²) < 4.78 is 11.2. The van der Waals surface area contributed by atoms with Crippen LogP contribution >= 0.6 is 0 Å². The van der Waals surface area contributed by atoms with E-state index in [9.17, 15) is 0 Å². The molecule has 4 nitrogen and oxygen atoms in total. The van der Waals surface area contributed by atoms with Gasteiger partial charge in [-0.05, 0) is 25.0 Å². The number of allylic oxidation sites excluding steroid dienone is 1. The molecule has 0 aromatic heterocycles. The summed E-state index contributed by atoms with van der Waals surface area (Å²) in [6.45, 7) is 8.25. The van der Waals surface area contributed by atoms with Crippen LogP contribution in [0.2, 0.25) is 0 Å². The van der Waals surface area contributed by atoms with Gasteiger partial charge in [-0.1, -0.05) is 37.5 Å². The maximum absolute atomic E-state index is 5.85. The Hall–Kier alpha value is -1.96. The van der Waals surface area contributed by atoms with E-state index in [1.165, 1.54) is 5.56 Å². The van der Waals surface area contributed by atoms with Gasteiger partial charge >= 0.3 is 0 Å². The minimum absolute atomic E-state index is 0.0882. The summed E-state index contributed by atoms with van der Waals surface area (Å²) in [4.78, 5) is 0. The van der Waals surface area contributed by atoms with Crippen molar-refractivity contribution in [1.29, 1.82) is 0 Å². The highest BCUT2D eigenvalue weighted by molar-refractivity contribution is 5.40. The van der Waals surface area contributed by atoms with Crippen LogP contribution < -0.4 is 11.1 Å². The number of nitrogens with one attached hydrogen (secondary N) is 1. The Morgan fingerprint density at radius 2 is 1.95 bits per heavy atom. The molecule has 0 radical (unpaired) electrons. The number of rotatable bonds is 3. The standard InChI is InChI=1S/C18H24N2O2/c1-14-4-6-15(7-5-14)8-9-16(19)10-20-11-17-21-12-18(2,3)13-22-17/h4-7,10,17,20H,11-13,19H2,1-3H3/b16-10-. The minimum Gasteiger partial charge on any atom is -0.391 e. The molecule has 1 aliphatic rings. The molecule has 1 aromatic rings. The van der Waals surface area contributed by atoms with Crippen molar-refractivity contribution < 1.29 is 9.47 Å². The van der Waals surface area contributed by atoms with Crippen LogP contribution in [0.1, 0.15) is 25.0 Å². The maximum Gasteiger partial charge on any atom is 0.174 e. The molecule has 0 unspecified atom stereocenters. The lowest BCUT2D eigenvalue weighted by Gasteiger charge is -2.34. The maximum atomic E-state index is 5.85. The van der Waals surface area contributed by atoms with Crippen LogP contribution in [0.5, 0.6) is 0 Å². The van der Waals surface area contributed by atoms with Crippen molar-refractivity contribution in [2.24, 2.45) is 11.1 Å². The predicted octanol–water partition coefficient (Wildman–Crippen LogP) is 2.14. The highest BCUT2D eigenvalue weighted by Crippen LogP contribution is 2.22. The number of aryl methyl sites for hydroxylation is 1. The van der Waals surface area contributed by atoms with E-state index >= 15 is 0 Å². The zero-order valence-electron chi connectivity index (χ0n) is 13.5. The lowest BCUT2D eigenvalue weighted by Crippen LogP contribution is -2.41. The molecule has 118 valence electrons. The van der Waals surface area contributed by atoms with E-state index in [2.05, 4.69) is 31.0 Å². The molecule has 1 heterocycles. The normalized spacial score (nSPS) is 18.4. The molecule has 2 rings (SSSR count). The number of ether oxygens (including phenoxy) is 2. The Morgan fingerprint density at radius 3 is 2.59 bits per heavy atom. The molecule has 0 amide bonds. The molecule has 0 bridgehead atoms. The molecule has 1 fully saturated rings. The van der Waals surface area contributed by atoms with Crippen molar-refractivity contribution in [3.05, 3.63) is 47.3 Å². The molecule has 22 heavy (non-hydrogen) atoms. The lowest BCUT2D eigenvalue weighted by atomic mass is 9.96. The van der Waals surface area contributed by atoms with Crippen LogP contribution in [-0.4, -0.2) is 26.0 Å². The second-order valence-electron chi connectivity index (χ2n) is 6.34. The minimum atomic E-state index is -0.234. The fourth-order valence-electron chi connectivity index (χ4n) is 1.93. The third-order valence-corrected chi connectivity index (χ3v) is 3.26. The number of hydrogen-bond donors (Lipinski definition) is 2. The molecule has 3 N–H and O–H groups in total. The van der Waals surface area contributed by atoms with Crippen LogP contribution in [0, 0.1) is 24.2 Å². The van der Waals surface area contributed by atoms with E-state index < -0.39 is 0 Å². The zero-order chi connectivity index (χ0) is 16.0. The van der Waals surface area contributed by atoms with Gasteiger partial charge in [0.1, 0.15) is 0 Å². The highest BCUT2D eigenvalue weighted by atomic mass is 16.7. The SMILES string of the molecule is Cc1ccc(C#C/C(N)=C/NCC2OCC(C)(C)CO2)cc1. The molecule has 1 saturated heterocycles. The fraction of sp³-hybridized carbons (Fsp3) is 0.444. The van der Waals surface area contributed by atoms with E-state index in [0.717, 1.165) is 5.56 Å². The summed E-state index contributed by atoms with van der Waals surface area (Å²) in [5.41, 5.74) is 8.59. The van der Waals surface area contributed by atoms with Gasteiger partial charge in [-0.25, -0.2) is 0 Å². The number of hydrogen-bond acceptors (Lipinski definition) is 4. The average molecular weight is 300 g/mol. The summed E-state index contributed by atoms with van der Waals surface area (Å²) in [6, 6.07) is 8.02. The van der Waals surface area contributed by atoms with Gasteiger partial charge in [0.05, 0.1) is 25.5 Å². The Bertz CT molecular complexity index is 569. The van der Waals surface area contributed by atoms with Crippen LogP contribution in [-0.2, 0) is 9.47 Å². The second-order valence-corrected chi connectivity index (χ2v) is 6.34. The van der Waals surface area contributed by atoms with E-state index in [1.807, 2.05) is 31.2 Å². The molecule has 0 spiro atoms. The van der Waals surface area contributed by atoms with Gasteiger partial charge in [0.15, 0.2) is 6.29 Å². The molecule has 0 atom stereocenters. The van der Waals surface area contributed by atoms with E-state index in [1.54, 1.807) is 6.20 Å². The third-order valence-electron chi connectivity index (χ3n) is 3.26. The molecular formula is C18H24N2O2. The summed E-state index contributed by atoms with van der Waals surface area (Å²) in [5.74, 6) is 5.94. The summed E-state index contributed by atoms with van der Waals surface area (Å²) in [5, 5.41) is 3.09. The van der Waals surface area contributed by atoms with E-state index in [4.69, 9.17) is 15.2 Å². The molecule has 1 aliphatic heterocycles. The fourth-order valence-corrected chi connectivity index (χ4v) is 1.93. The van der Waals surface area contributed by atoms with Crippen LogP contribution in [0.4, 0.5) is 0 Å². The Labute approximate surface area is 132 Å². The van der Waals surface area contributed by atoms with Gasteiger partial charge in [-0.2, -0.15) is 0 Å². The lowest BCUT2D eigenvalue weighted by molar-refractivity contribution is -0.217. The van der Waals surface area contributed by atoms with Crippen LogP contribution in [0.15, 0.2) is 36.2 Å². The van der Waals surface area contributed by atoms with Gasteiger partial charge in [-0.15, -0.1) is 0 Å². The van der Waals surface area contributed by atoms with Crippen molar-refractivity contribution in [2.45, 2.75) is 27.1 Å². The first-order valence-electron chi connectivity index (χ1n) is 7.46. The Balaban J connectivity index is 1.78. The Kier molecular flexibility index (Phi) is 5.48. The summed E-state index contributed by atoms with van der Waals surface area (Å²) in [6.07, 6.45) is 1.45. The van der Waals surface area contributed by atoms with Gasteiger partial charge in [-0.3, -0.25) is 0 Å². The first kappa shape index (κ1) is 16.4. The van der Waals surface area contributed by atoms with Gasteiger partial charge in [0, 0.05) is 17.2 Å². The van der Waals surface area contributed by atoms with Crippen molar-refractivity contribution in [2.75, 3.05) is 19.8 Å². The smallest absolute Gasteiger partial charge is 0.174 e. The topological polar surface area (TPSA) is 56.5 Å². The van der Waals surface area contributed by atoms with Crippen molar-refractivity contribution in [3.8, 4) is 11.8 Å². The largest absolute Gasteiger partial charge is 0.391 e. The molecule has 1 aromatic carbocycles. The van der Waals surface area contributed by atoms with Gasteiger partial charge in [0.25, 0.3) is 0 Å². The predicted molar refractivity (Wildman–Crippen MR) is 87.8 cm³/mol. The summed E-state index contributed by atoms with van der Waals surface area (Å²) in [7, 11) is 0. The third kappa shape index (κ3) is 5.44. The zero-order valence-corrected chi connectivity index (χ0v) is 13.5. The molecule has 0 aliphatic carbocycles. The first-order chi connectivity index (χ1) is 10.4. The number of benzene rings is 1. The molecule has 0 saturated carbocycles. The van der Waals surface area contributed by atoms with Crippen LogP contribution in [0.25, 0.3) is 0 Å². The monoisotopic (exact) mass is 300 g/mol. The van der Waals surface area contributed by atoms with Crippen molar-refractivity contribution in [1.82, 2.24) is 5.32 Å². The van der Waals surface area contributed by atoms with Gasteiger partial charge < -0.3 is 20.5 Å². The Morgan fingerprint density at radius 1 is 1.32 bits per heavy atom. The average Bonchev–Trinajstić information content (AvgIpc) is 2.48. The van der Waals surface area contributed by atoms with Crippen molar-refractivity contribution in [3.63, 3.8) is 0 Å². The first-order valence-corrected chi connectivity index (χ1v) is 7.46. The second kappa shape index (κ2) is 7.35. The quantitative estimate of drug-likeness (QED) is 0.840. The number of nitrogens with two attached hydrogens (primary N) is 1. The van der Waals surface area contributed by atoms with Gasteiger partial charge in [0.2, 0.25) is 0 Å². The van der Waals surface area contributed by atoms with Crippen LogP contribution in [0.3, 0.4) is 0 Å². The van der Waals surface area contributed by atoms with E-state index in [-0.39, 0.29) is 11.7 Å².